The number of hydrogen-bond acceptors (Lipinski definition) is 4. The van der Waals surface area contributed by atoms with Crippen molar-refractivity contribution < 1.29 is 4.79 Å². The average Bonchev–Trinajstić information content (AvgIpc) is 2.89. The monoisotopic (exact) mass is 362 g/mol. The maximum absolute atomic E-state index is 12.7. The third kappa shape index (κ3) is 5.15. The quantitative estimate of drug-likeness (QED) is 0.358. The summed E-state index contributed by atoms with van der Waals surface area (Å²) < 4.78 is 0. The number of carbonyl (C=O) groups excluding carboxylic acids is 1. The predicted octanol–water partition coefficient (Wildman–Crippen LogP) is 5.28. The van der Waals surface area contributed by atoms with Crippen LogP contribution in [0, 0.1) is 0 Å². The first kappa shape index (κ1) is 19.1. The molecular weight excluding hydrogens is 336 g/mol. The number of rotatable bonds is 8. The van der Waals surface area contributed by atoms with Crippen LogP contribution in [0.2, 0.25) is 0 Å². The van der Waals surface area contributed by atoms with Crippen LogP contribution in [-0.4, -0.2) is 35.3 Å². The van der Waals surface area contributed by atoms with Crippen LogP contribution < -0.4 is 0 Å². The van der Waals surface area contributed by atoms with Crippen molar-refractivity contribution in [3.8, 4) is 0 Å². The molecule has 0 aromatic heterocycles. The van der Waals surface area contributed by atoms with E-state index in [4.69, 9.17) is 0 Å². The van der Waals surface area contributed by atoms with Crippen LogP contribution in [0.4, 0.5) is 0 Å². The highest BCUT2D eigenvalue weighted by Crippen LogP contribution is 2.33. The Kier molecular flexibility index (Phi) is 7.92. The van der Waals surface area contributed by atoms with Gasteiger partial charge in [0, 0.05) is 18.0 Å². The Balaban J connectivity index is 2.18. The number of carbonyl (C=O) groups is 1. The molecule has 24 heavy (non-hydrogen) atoms. The van der Waals surface area contributed by atoms with Crippen molar-refractivity contribution in [2.45, 2.75) is 44.4 Å². The summed E-state index contributed by atoms with van der Waals surface area (Å²) in [5.74, 6) is 0.0950. The number of amidine groups is 1. The Morgan fingerprint density at radius 2 is 1.88 bits per heavy atom. The first-order valence-electron chi connectivity index (χ1n) is 8.59. The van der Waals surface area contributed by atoms with Gasteiger partial charge in [-0.2, -0.15) is 0 Å². The van der Waals surface area contributed by atoms with Crippen LogP contribution in [0.25, 0.3) is 6.08 Å². The van der Waals surface area contributed by atoms with E-state index < -0.39 is 0 Å². The molecule has 0 unspecified atom stereocenters. The Morgan fingerprint density at radius 1 is 1.17 bits per heavy atom. The highest BCUT2D eigenvalue weighted by Gasteiger charge is 2.32. The van der Waals surface area contributed by atoms with Gasteiger partial charge in [-0.25, -0.2) is 0 Å². The predicted molar refractivity (Wildman–Crippen MR) is 108 cm³/mol. The molecule has 130 valence electrons. The molecule has 1 aromatic rings. The molecule has 1 aromatic carbocycles. The van der Waals surface area contributed by atoms with E-state index in [1.165, 1.54) is 16.7 Å². The zero-order valence-corrected chi connectivity index (χ0v) is 16.4. The first-order chi connectivity index (χ1) is 11.7. The van der Waals surface area contributed by atoms with E-state index in [0.29, 0.717) is 0 Å². The van der Waals surface area contributed by atoms with E-state index in [0.717, 1.165) is 54.4 Å². The second-order valence-corrected chi connectivity index (χ2v) is 7.60. The van der Waals surface area contributed by atoms with Gasteiger partial charge in [0.15, 0.2) is 5.17 Å². The summed E-state index contributed by atoms with van der Waals surface area (Å²) in [6, 6.07) is 8.31. The summed E-state index contributed by atoms with van der Waals surface area (Å²) in [5.41, 5.74) is 1.06. The Labute approximate surface area is 154 Å². The molecule has 1 aliphatic heterocycles. The van der Waals surface area contributed by atoms with Crippen molar-refractivity contribution in [3.05, 3.63) is 34.7 Å². The Bertz CT molecular complexity index is 608. The van der Waals surface area contributed by atoms with Crippen molar-refractivity contribution >= 4 is 40.7 Å². The third-order valence-electron chi connectivity index (χ3n) is 3.80. The molecule has 2 rings (SSSR count). The molecule has 0 radical (unpaired) electrons. The molecule has 0 spiro atoms. The number of benzene rings is 1. The molecule has 0 bridgehead atoms. The number of amides is 1. The lowest BCUT2D eigenvalue weighted by molar-refractivity contribution is -0.122. The van der Waals surface area contributed by atoms with Gasteiger partial charge in [0.25, 0.3) is 5.91 Å². The molecule has 0 N–H and O–H groups in total. The SMILES string of the molecule is CCCCN=C1S/C(=C\c2ccc(SC)cc2)C(=O)N1CCCC. The van der Waals surface area contributed by atoms with Gasteiger partial charge in [-0.1, -0.05) is 38.8 Å². The summed E-state index contributed by atoms with van der Waals surface area (Å²) in [6.45, 7) is 5.86. The van der Waals surface area contributed by atoms with Gasteiger partial charge in [-0.05, 0) is 54.6 Å². The summed E-state index contributed by atoms with van der Waals surface area (Å²) in [6.07, 6.45) is 8.32. The first-order valence-corrected chi connectivity index (χ1v) is 10.6. The van der Waals surface area contributed by atoms with E-state index in [1.54, 1.807) is 11.8 Å². The van der Waals surface area contributed by atoms with Gasteiger partial charge < -0.3 is 0 Å². The second-order valence-electron chi connectivity index (χ2n) is 5.71. The second kappa shape index (κ2) is 9.94. The summed E-state index contributed by atoms with van der Waals surface area (Å²) in [7, 11) is 0. The van der Waals surface area contributed by atoms with Crippen molar-refractivity contribution in [2.24, 2.45) is 4.99 Å². The molecule has 5 heteroatoms. The maximum Gasteiger partial charge on any atom is 0.266 e. The average molecular weight is 363 g/mol. The number of nitrogens with zero attached hydrogens (tertiary/aromatic N) is 2. The lowest BCUT2D eigenvalue weighted by Gasteiger charge is -2.14. The fraction of sp³-hybridized carbons (Fsp3) is 0.474. The molecular formula is C19H26N2OS2. The van der Waals surface area contributed by atoms with Gasteiger partial charge in [-0.15, -0.1) is 11.8 Å². The third-order valence-corrected chi connectivity index (χ3v) is 5.58. The van der Waals surface area contributed by atoms with Crippen molar-refractivity contribution in [1.82, 2.24) is 4.90 Å². The van der Waals surface area contributed by atoms with E-state index in [-0.39, 0.29) is 5.91 Å². The highest BCUT2D eigenvalue weighted by molar-refractivity contribution is 8.18. The zero-order valence-electron chi connectivity index (χ0n) is 14.7. The molecule has 0 saturated carbocycles. The number of hydrogen-bond donors (Lipinski definition) is 0. The van der Waals surface area contributed by atoms with E-state index in [1.807, 2.05) is 11.0 Å². The summed E-state index contributed by atoms with van der Waals surface area (Å²) >= 11 is 3.24. The lowest BCUT2D eigenvalue weighted by Crippen LogP contribution is -2.30. The largest absolute Gasteiger partial charge is 0.287 e. The molecule has 1 saturated heterocycles. The molecule has 0 aliphatic carbocycles. The summed E-state index contributed by atoms with van der Waals surface area (Å²) in [5, 5.41) is 0.869. The molecule has 1 heterocycles. The van der Waals surface area contributed by atoms with Crippen molar-refractivity contribution in [3.63, 3.8) is 0 Å². The van der Waals surface area contributed by atoms with Crippen LogP contribution in [0.3, 0.4) is 0 Å². The minimum atomic E-state index is 0.0950. The minimum absolute atomic E-state index is 0.0950. The lowest BCUT2D eigenvalue weighted by atomic mass is 10.2. The Hall–Kier alpha value is -1.20. The zero-order chi connectivity index (χ0) is 17.4. The van der Waals surface area contributed by atoms with Crippen LogP contribution in [0.15, 0.2) is 39.1 Å². The van der Waals surface area contributed by atoms with E-state index in [9.17, 15) is 4.79 Å². The smallest absolute Gasteiger partial charge is 0.266 e. The van der Waals surface area contributed by atoms with Gasteiger partial charge >= 0.3 is 0 Å². The standard InChI is InChI=1S/C19H26N2OS2/c1-4-6-12-20-19-21(13-7-5-2)18(22)17(24-19)14-15-8-10-16(23-3)11-9-15/h8-11,14H,4-7,12-13H2,1-3H3/b17-14-,20-19?. The van der Waals surface area contributed by atoms with Gasteiger partial charge in [-0.3, -0.25) is 14.7 Å². The van der Waals surface area contributed by atoms with Gasteiger partial charge in [0.2, 0.25) is 0 Å². The molecule has 0 atom stereocenters. The summed E-state index contributed by atoms with van der Waals surface area (Å²) in [4.78, 5) is 21.3. The van der Waals surface area contributed by atoms with Crippen molar-refractivity contribution in [2.75, 3.05) is 19.3 Å². The van der Waals surface area contributed by atoms with Crippen molar-refractivity contribution in [1.29, 1.82) is 0 Å². The fourth-order valence-electron chi connectivity index (χ4n) is 2.32. The minimum Gasteiger partial charge on any atom is -0.287 e. The van der Waals surface area contributed by atoms with Crippen LogP contribution >= 0.6 is 23.5 Å². The topological polar surface area (TPSA) is 32.7 Å². The van der Waals surface area contributed by atoms with Crippen LogP contribution in [0.5, 0.6) is 0 Å². The number of unbranched alkanes of at least 4 members (excludes halogenated alkanes) is 2. The molecule has 1 amide bonds. The van der Waals surface area contributed by atoms with Crippen LogP contribution in [-0.2, 0) is 4.79 Å². The highest BCUT2D eigenvalue weighted by atomic mass is 32.2. The molecule has 3 nitrogen and oxygen atoms in total. The van der Waals surface area contributed by atoms with Gasteiger partial charge in [0.05, 0.1) is 4.91 Å². The number of thioether (sulfide) groups is 2. The maximum atomic E-state index is 12.7. The van der Waals surface area contributed by atoms with Gasteiger partial charge in [0.1, 0.15) is 0 Å². The fourth-order valence-corrected chi connectivity index (χ4v) is 3.76. The Morgan fingerprint density at radius 3 is 2.50 bits per heavy atom. The van der Waals surface area contributed by atoms with E-state index in [2.05, 4.69) is 49.4 Å². The van der Waals surface area contributed by atoms with E-state index >= 15 is 0 Å². The molecule has 1 aliphatic rings. The number of aliphatic imine (C=N–C) groups is 1. The van der Waals surface area contributed by atoms with Crippen LogP contribution in [0.1, 0.15) is 45.1 Å². The normalized spacial score (nSPS) is 18.1. The molecule has 1 fully saturated rings.